The van der Waals surface area contributed by atoms with Crippen molar-refractivity contribution < 1.29 is 19.1 Å². The fourth-order valence-electron chi connectivity index (χ4n) is 1.85. The van der Waals surface area contributed by atoms with Crippen LogP contribution in [0.15, 0.2) is 49.6 Å². The van der Waals surface area contributed by atoms with Gasteiger partial charge >= 0.3 is 12.2 Å². The van der Waals surface area contributed by atoms with Gasteiger partial charge in [-0.25, -0.2) is 20.4 Å². The second-order valence-corrected chi connectivity index (χ2v) is 4.72. The van der Waals surface area contributed by atoms with Gasteiger partial charge in [-0.15, -0.1) is 10.2 Å². The lowest BCUT2D eigenvalue weighted by Crippen LogP contribution is -2.32. The molecule has 0 fully saturated rings. The molecule has 4 N–H and O–H groups in total. The first-order valence-electron chi connectivity index (χ1n) is 7.50. The fourth-order valence-corrected chi connectivity index (χ4v) is 1.85. The predicted molar refractivity (Wildman–Crippen MR) is 96.1 cm³/mol. The Balaban J connectivity index is 2.10. The zero-order valence-electron chi connectivity index (χ0n) is 13.8. The molecule has 10 heteroatoms. The molecular weight excluding hydrogens is 340 g/mol. The van der Waals surface area contributed by atoms with E-state index in [-0.39, 0.29) is 13.2 Å². The number of fused-ring (bicyclic) bond motifs is 1. The Hall–Kier alpha value is -3.82. The van der Waals surface area contributed by atoms with Crippen molar-refractivity contribution in [3.05, 3.63) is 49.6 Å². The number of hydrogen-bond donors (Lipinski definition) is 4. The maximum atomic E-state index is 11.5. The molecule has 0 unspecified atom stereocenters. The van der Waals surface area contributed by atoms with E-state index < -0.39 is 12.2 Å². The highest BCUT2D eigenvalue weighted by molar-refractivity contribution is 5.98. The molecule has 136 valence electrons. The number of carbonyl (C=O) groups is 2. The van der Waals surface area contributed by atoms with E-state index in [4.69, 9.17) is 9.47 Å². The lowest BCUT2D eigenvalue weighted by atomic mass is 10.2. The van der Waals surface area contributed by atoms with E-state index in [0.717, 1.165) is 0 Å². The van der Waals surface area contributed by atoms with Gasteiger partial charge in [0.15, 0.2) is 11.6 Å². The van der Waals surface area contributed by atoms with Crippen molar-refractivity contribution >= 4 is 34.6 Å². The second kappa shape index (κ2) is 9.47. The molecule has 0 aliphatic heterocycles. The van der Waals surface area contributed by atoms with Gasteiger partial charge in [-0.2, -0.15) is 0 Å². The van der Waals surface area contributed by atoms with Crippen molar-refractivity contribution in [2.45, 2.75) is 0 Å². The third-order valence-electron chi connectivity index (χ3n) is 2.92. The third-order valence-corrected chi connectivity index (χ3v) is 2.92. The number of amides is 2. The molecule has 0 bridgehead atoms. The standard InChI is InChI=1S/C16H18N6O4/c1-3-9-25-15(23)21-19-13-11-7-5-6-8-12(11)14(18-17-13)20-22-16(24)26-10-4-2/h3-8H,1-2,9-10H2,(H,17,19)(H,18,20)(H,21,23)(H,22,24). The summed E-state index contributed by atoms with van der Waals surface area (Å²) >= 11 is 0. The summed E-state index contributed by atoms with van der Waals surface area (Å²) in [5, 5.41) is 9.25. The number of hydrazine groups is 2. The van der Waals surface area contributed by atoms with Crippen molar-refractivity contribution in [1.29, 1.82) is 0 Å². The van der Waals surface area contributed by atoms with E-state index in [9.17, 15) is 9.59 Å². The largest absolute Gasteiger partial charge is 0.444 e. The van der Waals surface area contributed by atoms with Crippen LogP contribution in [0.3, 0.4) is 0 Å². The van der Waals surface area contributed by atoms with Gasteiger partial charge in [0.25, 0.3) is 0 Å². The monoisotopic (exact) mass is 358 g/mol. The Kier molecular flexibility index (Phi) is 6.74. The lowest BCUT2D eigenvalue weighted by Gasteiger charge is -2.13. The van der Waals surface area contributed by atoms with Crippen LogP contribution < -0.4 is 21.7 Å². The average molecular weight is 358 g/mol. The summed E-state index contributed by atoms with van der Waals surface area (Å²) in [5.74, 6) is 0.604. The number of hydrogen-bond acceptors (Lipinski definition) is 8. The lowest BCUT2D eigenvalue weighted by molar-refractivity contribution is 0.159. The van der Waals surface area contributed by atoms with Gasteiger partial charge < -0.3 is 9.47 Å². The molecule has 0 aliphatic rings. The minimum Gasteiger partial charge on any atom is -0.444 e. The Labute approximate surface area is 149 Å². The first-order valence-corrected chi connectivity index (χ1v) is 7.50. The van der Waals surface area contributed by atoms with Crippen LogP contribution in [0.2, 0.25) is 0 Å². The first kappa shape index (κ1) is 18.5. The minimum absolute atomic E-state index is 0.0798. The molecule has 1 aromatic heterocycles. The SMILES string of the molecule is C=CCOC(=O)NNc1nnc(NNC(=O)OCC=C)c2ccccc12. The smallest absolute Gasteiger partial charge is 0.426 e. The quantitative estimate of drug-likeness (QED) is 0.417. The van der Waals surface area contributed by atoms with Crippen LogP contribution in [0.1, 0.15) is 0 Å². The first-order chi connectivity index (χ1) is 12.7. The molecule has 0 saturated carbocycles. The highest BCUT2D eigenvalue weighted by Crippen LogP contribution is 2.24. The summed E-state index contributed by atoms with van der Waals surface area (Å²) in [6, 6.07) is 7.12. The van der Waals surface area contributed by atoms with Gasteiger partial charge in [0.05, 0.1) is 0 Å². The number of nitrogens with one attached hydrogen (secondary N) is 4. The van der Waals surface area contributed by atoms with Crippen LogP contribution in [0.25, 0.3) is 10.8 Å². The Morgan fingerprint density at radius 2 is 1.31 bits per heavy atom. The van der Waals surface area contributed by atoms with Crippen LogP contribution in [-0.2, 0) is 9.47 Å². The number of anilines is 2. The molecule has 10 nitrogen and oxygen atoms in total. The van der Waals surface area contributed by atoms with Crippen molar-refractivity contribution in [2.75, 3.05) is 24.1 Å². The molecule has 0 saturated heterocycles. The molecule has 0 spiro atoms. The summed E-state index contributed by atoms with van der Waals surface area (Å²) in [4.78, 5) is 22.9. The zero-order chi connectivity index (χ0) is 18.8. The van der Waals surface area contributed by atoms with Gasteiger partial charge in [0.2, 0.25) is 0 Å². The Morgan fingerprint density at radius 3 is 1.69 bits per heavy atom. The summed E-state index contributed by atoms with van der Waals surface area (Å²) in [6.45, 7) is 7.06. The molecule has 2 aromatic rings. The van der Waals surface area contributed by atoms with Crippen LogP contribution in [0.5, 0.6) is 0 Å². The van der Waals surface area contributed by atoms with Crippen molar-refractivity contribution in [2.24, 2.45) is 0 Å². The van der Waals surface area contributed by atoms with Gasteiger partial charge in [-0.1, -0.05) is 49.6 Å². The maximum Gasteiger partial charge on any atom is 0.426 e. The normalized spacial score (nSPS) is 9.69. The third kappa shape index (κ3) is 5.09. The van der Waals surface area contributed by atoms with E-state index in [1.165, 1.54) is 12.2 Å². The van der Waals surface area contributed by atoms with Gasteiger partial charge in [0, 0.05) is 10.8 Å². The van der Waals surface area contributed by atoms with Crippen molar-refractivity contribution in [3.8, 4) is 0 Å². The number of aromatic nitrogens is 2. The van der Waals surface area contributed by atoms with Gasteiger partial charge in [-0.3, -0.25) is 10.9 Å². The van der Waals surface area contributed by atoms with Crippen LogP contribution in [0, 0.1) is 0 Å². The molecule has 26 heavy (non-hydrogen) atoms. The van der Waals surface area contributed by atoms with Gasteiger partial charge in [0.1, 0.15) is 13.2 Å². The fraction of sp³-hybridized carbons (Fsp3) is 0.125. The molecule has 2 rings (SSSR count). The number of benzene rings is 1. The van der Waals surface area contributed by atoms with E-state index in [0.29, 0.717) is 22.4 Å². The Morgan fingerprint density at radius 1 is 0.885 bits per heavy atom. The molecule has 0 atom stereocenters. The highest BCUT2D eigenvalue weighted by atomic mass is 16.6. The van der Waals surface area contributed by atoms with Crippen LogP contribution in [0.4, 0.5) is 21.2 Å². The molecule has 1 aromatic carbocycles. The van der Waals surface area contributed by atoms with E-state index in [2.05, 4.69) is 45.1 Å². The molecule has 1 heterocycles. The number of ether oxygens (including phenoxy) is 2. The average Bonchev–Trinajstić information content (AvgIpc) is 2.67. The summed E-state index contributed by atoms with van der Waals surface area (Å²) in [7, 11) is 0. The molecule has 2 amide bonds. The molecular formula is C16H18N6O4. The summed E-state index contributed by atoms with van der Waals surface area (Å²) < 4.78 is 9.57. The van der Waals surface area contributed by atoms with E-state index in [1.54, 1.807) is 24.3 Å². The molecule has 0 radical (unpaired) electrons. The molecule has 0 aliphatic carbocycles. The van der Waals surface area contributed by atoms with E-state index >= 15 is 0 Å². The van der Waals surface area contributed by atoms with Crippen LogP contribution in [-0.4, -0.2) is 35.6 Å². The second-order valence-electron chi connectivity index (χ2n) is 4.72. The van der Waals surface area contributed by atoms with Crippen molar-refractivity contribution in [1.82, 2.24) is 21.0 Å². The number of carbonyl (C=O) groups excluding carboxylic acids is 2. The zero-order valence-corrected chi connectivity index (χ0v) is 13.8. The van der Waals surface area contributed by atoms with E-state index in [1.807, 2.05) is 0 Å². The summed E-state index contributed by atoms with van der Waals surface area (Å²) in [5.41, 5.74) is 9.94. The number of nitrogens with zero attached hydrogens (tertiary/aromatic N) is 2. The van der Waals surface area contributed by atoms with Crippen molar-refractivity contribution in [3.63, 3.8) is 0 Å². The predicted octanol–water partition coefficient (Wildman–Crippen LogP) is 2.11. The maximum absolute atomic E-state index is 11.5. The minimum atomic E-state index is -0.690. The number of rotatable bonds is 8. The van der Waals surface area contributed by atoms with Crippen LogP contribution >= 0.6 is 0 Å². The van der Waals surface area contributed by atoms with Gasteiger partial charge in [-0.05, 0) is 0 Å². The Bertz CT molecular complexity index is 744. The highest BCUT2D eigenvalue weighted by Gasteiger charge is 2.11. The summed E-state index contributed by atoms with van der Waals surface area (Å²) in [6.07, 6.45) is 1.51. The topological polar surface area (TPSA) is 127 Å².